The maximum atomic E-state index is 13.3. The van der Waals surface area contributed by atoms with Crippen LogP contribution < -0.4 is 13.8 Å². The molecule has 0 unspecified atom stereocenters. The van der Waals surface area contributed by atoms with Crippen molar-refractivity contribution in [3.05, 3.63) is 82.2 Å². The molecule has 1 aliphatic heterocycles. The molecule has 3 aromatic carbocycles. The Kier molecular flexibility index (Phi) is 6.44. The SMILES string of the molecule is CCCn1c(=NC(=O)c2ccc(S(=O)(=O)N3CCc4ccccc43)cc2)sc2c(C)ccc(OC)c21. The van der Waals surface area contributed by atoms with Crippen LogP contribution in [0, 0.1) is 6.92 Å². The number of amides is 1. The van der Waals surface area contributed by atoms with Crippen molar-refractivity contribution in [1.82, 2.24) is 4.57 Å². The number of carbonyl (C=O) groups is 1. The van der Waals surface area contributed by atoms with E-state index in [9.17, 15) is 13.2 Å². The van der Waals surface area contributed by atoms with Gasteiger partial charge in [-0.25, -0.2) is 8.42 Å². The van der Waals surface area contributed by atoms with Gasteiger partial charge in [-0.15, -0.1) is 0 Å². The Morgan fingerprint density at radius 1 is 1.08 bits per heavy atom. The Morgan fingerprint density at radius 2 is 1.83 bits per heavy atom. The van der Waals surface area contributed by atoms with Crippen molar-refractivity contribution in [2.45, 2.75) is 38.1 Å². The van der Waals surface area contributed by atoms with E-state index in [1.165, 1.54) is 39.9 Å². The number of carbonyl (C=O) groups excluding carboxylic acids is 1. The molecular weight excluding hydrogens is 494 g/mol. The normalized spacial score (nSPS) is 13.9. The van der Waals surface area contributed by atoms with E-state index in [-0.39, 0.29) is 4.90 Å². The van der Waals surface area contributed by atoms with Crippen molar-refractivity contribution >= 4 is 43.2 Å². The Bertz CT molecular complexity index is 1630. The molecule has 0 bridgehead atoms. The van der Waals surface area contributed by atoms with Crippen molar-refractivity contribution < 1.29 is 17.9 Å². The first kappa shape index (κ1) is 24.3. The number of ether oxygens (including phenoxy) is 1. The summed E-state index contributed by atoms with van der Waals surface area (Å²) in [5.74, 6) is 0.325. The number of aromatic nitrogens is 1. The first-order valence-electron chi connectivity index (χ1n) is 11.8. The van der Waals surface area contributed by atoms with E-state index >= 15 is 0 Å². The summed E-state index contributed by atoms with van der Waals surface area (Å²) in [7, 11) is -2.09. The molecule has 36 heavy (non-hydrogen) atoms. The van der Waals surface area contributed by atoms with Gasteiger partial charge in [-0.3, -0.25) is 9.10 Å². The van der Waals surface area contributed by atoms with Crippen LogP contribution >= 0.6 is 11.3 Å². The molecule has 4 aromatic rings. The van der Waals surface area contributed by atoms with Crippen LogP contribution in [-0.2, 0) is 23.0 Å². The summed E-state index contributed by atoms with van der Waals surface area (Å²) in [4.78, 5) is 18.3. The summed E-state index contributed by atoms with van der Waals surface area (Å²) >= 11 is 1.45. The van der Waals surface area contributed by atoms with Crippen LogP contribution in [0.4, 0.5) is 5.69 Å². The number of anilines is 1. The van der Waals surface area contributed by atoms with E-state index in [4.69, 9.17) is 4.74 Å². The minimum Gasteiger partial charge on any atom is -0.495 e. The molecule has 2 heterocycles. The molecule has 0 saturated carbocycles. The summed E-state index contributed by atoms with van der Waals surface area (Å²) in [6.07, 6.45) is 1.55. The highest BCUT2D eigenvalue weighted by atomic mass is 32.2. The van der Waals surface area contributed by atoms with Gasteiger partial charge in [0.1, 0.15) is 11.3 Å². The molecule has 9 heteroatoms. The Morgan fingerprint density at radius 3 is 2.56 bits per heavy atom. The third-order valence-corrected chi connectivity index (χ3v) is 9.42. The lowest BCUT2D eigenvalue weighted by atomic mass is 10.2. The average molecular weight is 522 g/mol. The fourth-order valence-electron chi connectivity index (χ4n) is 4.57. The van der Waals surface area contributed by atoms with E-state index in [1.54, 1.807) is 7.11 Å². The van der Waals surface area contributed by atoms with Gasteiger partial charge in [0, 0.05) is 18.7 Å². The number of methoxy groups -OCH3 is 1. The van der Waals surface area contributed by atoms with Gasteiger partial charge in [0.05, 0.1) is 22.4 Å². The molecule has 0 N–H and O–H groups in total. The number of rotatable bonds is 6. The Balaban J connectivity index is 1.49. The van der Waals surface area contributed by atoms with Gasteiger partial charge in [-0.1, -0.05) is 42.5 Å². The second-order valence-electron chi connectivity index (χ2n) is 8.70. The summed E-state index contributed by atoms with van der Waals surface area (Å²) in [5, 5.41) is 0. The number of fused-ring (bicyclic) bond motifs is 2. The topological polar surface area (TPSA) is 81.0 Å². The molecule has 7 nitrogen and oxygen atoms in total. The van der Waals surface area contributed by atoms with Crippen molar-refractivity contribution in [3.8, 4) is 5.75 Å². The minimum absolute atomic E-state index is 0.152. The zero-order chi connectivity index (χ0) is 25.4. The van der Waals surface area contributed by atoms with Gasteiger partial charge in [0.25, 0.3) is 15.9 Å². The molecule has 0 saturated heterocycles. The summed E-state index contributed by atoms with van der Waals surface area (Å²) in [6, 6.07) is 17.5. The summed E-state index contributed by atoms with van der Waals surface area (Å²) < 4.78 is 36.6. The third-order valence-electron chi connectivity index (χ3n) is 6.38. The second kappa shape index (κ2) is 9.55. The molecule has 1 aliphatic rings. The lowest BCUT2D eigenvalue weighted by Crippen LogP contribution is -2.29. The molecule has 0 spiro atoms. The van der Waals surface area contributed by atoms with Gasteiger partial charge in [0.15, 0.2) is 4.80 Å². The zero-order valence-electron chi connectivity index (χ0n) is 20.4. The van der Waals surface area contributed by atoms with Crippen molar-refractivity contribution in [1.29, 1.82) is 0 Å². The van der Waals surface area contributed by atoms with Crippen molar-refractivity contribution in [3.63, 3.8) is 0 Å². The fraction of sp³-hybridized carbons (Fsp3) is 0.259. The minimum atomic E-state index is -3.72. The quantitative estimate of drug-likeness (QED) is 0.361. The molecule has 0 radical (unpaired) electrons. The third kappa shape index (κ3) is 4.12. The van der Waals surface area contributed by atoms with Crippen LogP contribution in [0.3, 0.4) is 0 Å². The van der Waals surface area contributed by atoms with Crippen LogP contribution in [0.15, 0.2) is 70.6 Å². The lowest BCUT2D eigenvalue weighted by Gasteiger charge is -2.19. The smallest absolute Gasteiger partial charge is 0.279 e. The van der Waals surface area contributed by atoms with Crippen molar-refractivity contribution in [2.75, 3.05) is 18.0 Å². The van der Waals surface area contributed by atoms with Crippen LogP contribution in [0.25, 0.3) is 10.2 Å². The summed E-state index contributed by atoms with van der Waals surface area (Å²) in [6.45, 7) is 5.20. The first-order chi connectivity index (χ1) is 17.3. The van der Waals surface area contributed by atoms with Gasteiger partial charge in [-0.05, 0) is 67.3 Å². The maximum Gasteiger partial charge on any atom is 0.279 e. The average Bonchev–Trinajstić information content (AvgIpc) is 3.48. The second-order valence-corrected chi connectivity index (χ2v) is 11.5. The number of hydrogen-bond donors (Lipinski definition) is 0. The van der Waals surface area contributed by atoms with E-state index in [1.807, 2.05) is 47.9 Å². The molecule has 1 aromatic heterocycles. The largest absolute Gasteiger partial charge is 0.495 e. The van der Waals surface area contributed by atoms with Crippen LogP contribution in [-0.4, -0.2) is 32.5 Å². The predicted octanol–water partition coefficient (Wildman–Crippen LogP) is 4.92. The summed E-state index contributed by atoms with van der Waals surface area (Å²) in [5.41, 5.74) is 4.08. The zero-order valence-corrected chi connectivity index (χ0v) is 22.0. The molecule has 186 valence electrons. The lowest BCUT2D eigenvalue weighted by molar-refractivity contribution is 0.0997. The number of aryl methyl sites for hydroxylation is 2. The molecule has 0 atom stereocenters. The maximum absolute atomic E-state index is 13.3. The van der Waals surface area contributed by atoms with Crippen LogP contribution in [0.5, 0.6) is 5.75 Å². The number of thiazole rings is 1. The monoisotopic (exact) mass is 521 g/mol. The number of nitrogens with zero attached hydrogens (tertiary/aromatic N) is 3. The Labute approximate surface area is 214 Å². The van der Waals surface area contributed by atoms with E-state index in [0.717, 1.165) is 33.5 Å². The van der Waals surface area contributed by atoms with E-state index in [0.29, 0.717) is 35.6 Å². The van der Waals surface area contributed by atoms with Crippen LogP contribution in [0.1, 0.15) is 34.8 Å². The molecule has 0 aliphatic carbocycles. The Hall–Kier alpha value is -3.43. The van der Waals surface area contributed by atoms with Gasteiger partial charge >= 0.3 is 0 Å². The van der Waals surface area contributed by atoms with Crippen molar-refractivity contribution in [2.24, 2.45) is 4.99 Å². The first-order valence-corrected chi connectivity index (χ1v) is 14.1. The predicted molar refractivity (Wildman–Crippen MR) is 142 cm³/mol. The fourth-order valence-corrected chi connectivity index (χ4v) is 7.21. The molecular formula is C27H27N3O4S2. The molecule has 5 rings (SSSR count). The molecule has 1 amide bonds. The highest BCUT2D eigenvalue weighted by molar-refractivity contribution is 7.92. The number of para-hydroxylation sites is 1. The number of sulfonamides is 1. The van der Waals surface area contributed by atoms with Gasteiger partial charge in [0.2, 0.25) is 0 Å². The van der Waals surface area contributed by atoms with Gasteiger partial charge < -0.3 is 9.30 Å². The van der Waals surface area contributed by atoms with Gasteiger partial charge in [-0.2, -0.15) is 4.99 Å². The number of benzene rings is 3. The highest BCUT2D eigenvalue weighted by Crippen LogP contribution is 2.33. The highest BCUT2D eigenvalue weighted by Gasteiger charge is 2.30. The van der Waals surface area contributed by atoms with E-state index in [2.05, 4.69) is 11.9 Å². The standard InChI is InChI=1S/C27H27N3O4S2/c1-4-16-29-24-23(34-3)14-9-18(2)25(24)35-27(29)28-26(31)20-10-12-21(13-11-20)36(32,33)30-17-15-19-7-5-6-8-22(19)30/h5-14H,4,15-17H2,1-3H3. The van der Waals surface area contributed by atoms with E-state index < -0.39 is 15.9 Å². The van der Waals surface area contributed by atoms with Crippen LogP contribution in [0.2, 0.25) is 0 Å². The number of hydrogen-bond acceptors (Lipinski definition) is 5. The molecule has 0 fully saturated rings.